The first kappa shape index (κ1) is 11.3. The van der Waals surface area contributed by atoms with Gasteiger partial charge in [-0.05, 0) is 18.6 Å². The minimum Gasteiger partial charge on any atom is -0.464 e. The molecule has 1 aromatic carbocycles. The van der Waals surface area contributed by atoms with Gasteiger partial charge in [0.1, 0.15) is 0 Å². The topological polar surface area (TPSA) is 39.2 Å². The van der Waals surface area contributed by atoms with E-state index >= 15 is 0 Å². The summed E-state index contributed by atoms with van der Waals surface area (Å²) in [5.74, 6) is -0.403. The van der Waals surface area contributed by atoms with Crippen LogP contribution in [0.5, 0.6) is 0 Å². The molecule has 0 unspecified atom stereocenters. The standard InChI is InChI=1S/C14H13NO2/c1-10-8-9-12(11-6-4-3-5-7-11)15-13(10)14(16)17-2/h3-9H,1-2H3. The molecule has 0 saturated carbocycles. The van der Waals surface area contributed by atoms with Crippen LogP contribution in [0.4, 0.5) is 0 Å². The summed E-state index contributed by atoms with van der Waals surface area (Å²) in [5, 5.41) is 0. The molecule has 86 valence electrons. The number of methoxy groups -OCH3 is 1. The number of ether oxygens (including phenoxy) is 1. The van der Waals surface area contributed by atoms with Crippen LogP contribution < -0.4 is 0 Å². The highest BCUT2D eigenvalue weighted by molar-refractivity contribution is 5.89. The zero-order chi connectivity index (χ0) is 12.3. The van der Waals surface area contributed by atoms with Crippen molar-refractivity contribution in [3.63, 3.8) is 0 Å². The normalized spacial score (nSPS) is 10.0. The summed E-state index contributed by atoms with van der Waals surface area (Å²) in [6.07, 6.45) is 0. The summed E-state index contributed by atoms with van der Waals surface area (Å²) >= 11 is 0. The fraction of sp³-hybridized carbons (Fsp3) is 0.143. The van der Waals surface area contributed by atoms with Crippen molar-refractivity contribution in [3.05, 3.63) is 53.7 Å². The molecule has 0 spiro atoms. The molecule has 2 aromatic rings. The van der Waals surface area contributed by atoms with E-state index in [0.717, 1.165) is 16.8 Å². The third kappa shape index (κ3) is 2.33. The summed E-state index contributed by atoms with van der Waals surface area (Å²) in [4.78, 5) is 15.9. The number of hydrogen-bond donors (Lipinski definition) is 0. The Kier molecular flexibility index (Phi) is 3.19. The summed E-state index contributed by atoms with van der Waals surface area (Å²) in [6.45, 7) is 1.84. The zero-order valence-electron chi connectivity index (χ0n) is 9.81. The number of hydrogen-bond acceptors (Lipinski definition) is 3. The van der Waals surface area contributed by atoms with Gasteiger partial charge in [-0.1, -0.05) is 36.4 Å². The van der Waals surface area contributed by atoms with E-state index in [1.807, 2.05) is 49.4 Å². The Balaban J connectivity index is 2.48. The highest BCUT2D eigenvalue weighted by Gasteiger charge is 2.12. The van der Waals surface area contributed by atoms with Gasteiger partial charge in [0.2, 0.25) is 0 Å². The van der Waals surface area contributed by atoms with E-state index in [1.165, 1.54) is 7.11 Å². The number of aryl methyl sites for hydroxylation is 1. The van der Waals surface area contributed by atoms with Crippen molar-refractivity contribution in [3.8, 4) is 11.3 Å². The second-order valence-electron chi connectivity index (χ2n) is 3.72. The van der Waals surface area contributed by atoms with E-state index in [4.69, 9.17) is 4.74 Å². The van der Waals surface area contributed by atoms with Crippen molar-refractivity contribution in [1.82, 2.24) is 4.98 Å². The molecule has 1 aromatic heterocycles. The van der Waals surface area contributed by atoms with Gasteiger partial charge in [0, 0.05) is 5.56 Å². The van der Waals surface area contributed by atoms with E-state index in [0.29, 0.717) is 5.69 Å². The molecule has 3 nitrogen and oxygen atoms in total. The Morgan fingerprint density at radius 1 is 1.12 bits per heavy atom. The molecule has 0 saturated heterocycles. The number of benzene rings is 1. The third-order valence-electron chi connectivity index (χ3n) is 2.55. The van der Waals surface area contributed by atoms with Gasteiger partial charge in [-0.2, -0.15) is 0 Å². The quantitative estimate of drug-likeness (QED) is 0.740. The maximum absolute atomic E-state index is 11.5. The van der Waals surface area contributed by atoms with Gasteiger partial charge in [0.05, 0.1) is 12.8 Å². The molecule has 0 radical (unpaired) electrons. The number of rotatable bonds is 2. The minimum atomic E-state index is -0.403. The highest BCUT2D eigenvalue weighted by Crippen LogP contribution is 2.18. The van der Waals surface area contributed by atoms with Gasteiger partial charge in [-0.25, -0.2) is 9.78 Å². The number of carbonyl (C=O) groups excluding carboxylic acids is 1. The van der Waals surface area contributed by atoms with Crippen LogP contribution in [0.1, 0.15) is 16.1 Å². The molecule has 2 rings (SSSR count). The van der Waals surface area contributed by atoms with Crippen LogP contribution in [-0.2, 0) is 4.74 Å². The fourth-order valence-electron chi connectivity index (χ4n) is 1.60. The zero-order valence-corrected chi connectivity index (χ0v) is 9.81. The Morgan fingerprint density at radius 3 is 2.47 bits per heavy atom. The predicted molar refractivity (Wildman–Crippen MR) is 65.7 cm³/mol. The van der Waals surface area contributed by atoms with Crippen molar-refractivity contribution in [2.45, 2.75) is 6.92 Å². The molecule has 0 bridgehead atoms. The second kappa shape index (κ2) is 4.78. The summed E-state index contributed by atoms with van der Waals surface area (Å²) < 4.78 is 4.71. The number of nitrogens with zero attached hydrogens (tertiary/aromatic N) is 1. The monoisotopic (exact) mass is 227 g/mol. The van der Waals surface area contributed by atoms with Gasteiger partial charge in [-0.15, -0.1) is 0 Å². The van der Waals surface area contributed by atoms with E-state index in [1.54, 1.807) is 0 Å². The average Bonchev–Trinajstić information content (AvgIpc) is 2.39. The molecule has 0 fully saturated rings. The number of esters is 1. The maximum Gasteiger partial charge on any atom is 0.356 e. The molecule has 1 heterocycles. The Labute approximate surface area is 100 Å². The fourth-order valence-corrected chi connectivity index (χ4v) is 1.60. The molecule has 0 N–H and O–H groups in total. The van der Waals surface area contributed by atoms with Gasteiger partial charge < -0.3 is 4.74 Å². The first-order valence-corrected chi connectivity index (χ1v) is 5.34. The Hall–Kier alpha value is -2.16. The molecule has 3 heteroatoms. The lowest BCUT2D eigenvalue weighted by Crippen LogP contribution is -2.07. The van der Waals surface area contributed by atoms with Crippen LogP contribution in [0.15, 0.2) is 42.5 Å². The third-order valence-corrected chi connectivity index (χ3v) is 2.55. The summed E-state index contributed by atoms with van der Waals surface area (Å²) in [5.41, 5.74) is 2.94. The van der Waals surface area contributed by atoms with Crippen LogP contribution in [0.25, 0.3) is 11.3 Å². The Morgan fingerprint density at radius 2 is 1.82 bits per heavy atom. The maximum atomic E-state index is 11.5. The van der Waals surface area contributed by atoms with E-state index in [-0.39, 0.29) is 0 Å². The Bertz CT molecular complexity index is 535. The van der Waals surface area contributed by atoms with Crippen LogP contribution in [0, 0.1) is 6.92 Å². The predicted octanol–water partition coefficient (Wildman–Crippen LogP) is 2.84. The van der Waals surface area contributed by atoms with Gasteiger partial charge in [-0.3, -0.25) is 0 Å². The molecule has 0 aliphatic carbocycles. The lowest BCUT2D eigenvalue weighted by atomic mass is 10.1. The molecule has 0 atom stereocenters. The van der Waals surface area contributed by atoms with Gasteiger partial charge in [0.15, 0.2) is 5.69 Å². The SMILES string of the molecule is COC(=O)c1nc(-c2ccccc2)ccc1C. The molecular weight excluding hydrogens is 214 g/mol. The van der Waals surface area contributed by atoms with E-state index < -0.39 is 5.97 Å². The van der Waals surface area contributed by atoms with E-state index in [9.17, 15) is 4.79 Å². The molecule has 17 heavy (non-hydrogen) atoms. The molecule has 0 aliphatic heterocycles. The van der Waals surface area contributed by atoms with Crippen LogP contribution in [0.3, 0.4) is 0 Å². The molecular formula is C14H13NO2. The summed E-state index contributed by atoms with van der Waals surface area (Å²) in [6, 6.07) is 13.5. The number of pyridine rings is 1. The molecule has 0 amide bonds. The number of carbonyl (C=O) groups is 1. The smallest absolute Gasteiger partial charge is 0.356 e. The van der Waals surface area contributed by atoms with Crippen LogP contribution in [0.2, 0.25) is 0 Å². The van der Waals surface area contributed by atoms with Crippen molar-refractivity contribution < 1.29 is 9.53 Å². The van der Waals surface area contributed by atoms with Crippen LogP contribution in [-0.4, -0.2) is 18.1 Å². The summed E-state index contributed by atoms with van der Waals surface area (Å²) in [7, 11) is 1.36. The average molecular weight is 227 g/mol. The van der Waals surface area contributed by atoms with Crippen molar-refractivity contribution >= 4 is 5.97 Å². The lowest BCUT2D eigenvalue weighted by Gasteiger charge is -2.06. The first-order chi connectivity index (χ1) is 8.22. The minimum absolute atomic E-state index is 0.369. The van der Waals surface area contributed by atoms with E-state index in [2.05, 4.69) is 4.98 Å². The first-order valence-electron chi connectivity index (χ1n) is 5.34. The lowest BCUT2D eigenvalue weighted by molar-refractivity contribution is 0.0593. The van der Waals surface area contributed by atoms with Crippen molar-refractivity contribution in [1.29, 1.82) is 0 Å². The van der Waals surface area contributed by atoms with Crippen molar-refractivity contribution in [2.75, 3.05) is 7.11 Å². The highest BCUT2D eigenvalue weighted by atomic mass is 16.5. The number of aromatic nitrogens is 1. The van der Waals surface area contributed by atoms with Crippen molar-refractivity contribution in [2.24, 2.45) is 0 Å². The largest absolute Gasteiger partial charge is 0.464 e. The van der Waals surface area contributed by atoms with Gasteiger partial charge >= 0.3 is 5.97 Å². The van der Waals surface area contributed by atoms with Crippen LogP contribution >= 0.6 is 0 Å². The molecule has 0 aliphatic rings. The second-order valence-corrected chi connectivity index (χ2v) is 3.72. The van der Waals surface area contributed by atoms with Gasteiger partial charge in [0.25, 0.3) is 0 Å².